The third-order valence-corrected chi connectivity index (χ3v) is 5.56. The lowest BCUT2D eigenvalue weighted by Crippen LogP contribution is -2.24. The number of thiophene rings is 1. The van der Waals surface area contributed by atoms with Gasteiger partial charge in [0.1, 0.15) is 5.82 Å². The fraction of sp³-hybridized carbons (Fsp3) is 0.0476. The second-order valence-corrected chi connectivity index (χ2v) is 7.39. The second kappa shape index (κ2) is 6.24. The Morgan fingerprint density at radius 1 is 0.929 bits per heavy atom. The van der Waals surface area contributed by atoms with Gasteiger partial charge in [0.2, 0.25) is 0 Å². The Labute approximate surface area is 164 Å². The molecule has 1 aliphatic rings. The van der Waals surface area contributed by atoms with Crippen LogP contribution >= 0.6 is 11.3 Å². The van der Waals surface area contributed by atoms with Crippen molar-refractivity contribution >= 4 is 45.6 Å². The minimum absolute atomic E-state index is 0.279. The molecule has 0 radical (unpaired) electrons. The minimum atomic E-state index is -0.296. The van der Waals surface area contributed by atoms with Crippen molar-refractivity contribution in [1.82, 2.24) is 14.9 Å². The van der Waals surface area contributed by atoms with E-state index in [4.69, 9.17) is 4.98 Å². The molecule has 2 aromatic heterocycles. The lowest BCUT2D eigenvalue weighted by Gasteiger charge is -2.11. The molecule has 0 unspecified atom stereocenters. The van der Waals surface area contributed by atoms with Gasteiger partial charge in [0, 0.05) is 18.1 Å². The van der Waals surface area contributed by atoms with Gasteiger partial charge < -0.3 is 5.32 Å². The summed E-state index contributed by atoms with van der Waals surface area (Å²) in [5.74, 6) is 0.719. The maximum absolute atomic E-state index is 12.3. The number of para-hydroxylation sites is 1. The fourth-order valence-electron chi connectivity index (χ4n) is 3.26. The lowest BCUT2D eigenvalue weighted by molar-refractivity contribution is 0.0693. The highest BCUT2D eigenvalue weighted by Gasteiger charge is 2.32. The number of carbonyl (C=O) groups excluding carboxylic acids is 2. The van der Waals surface area contributed by atoms with Crippen LogP contribution in [0.5, 0.6) is 0 Å². The number of carbonyl (C=O) groups is 2. The summed E-state index contributed by atoms with van der Waals surface area (Å²) in [6.45, 7) is 0. The Kier molecular flexibility index (Phi) is 3.70. The topological polar surface area (TPSA) is 75.2 Å². The molecule has 28 heavy (non-hydrogen) atoms. The number of anilines is 2. The standard InChI is InChI=1S/C21H14N4O2S/c1-25-20(26)13-9-8-12(11-15(13)21(25)27)22-18-14-5-2-3-6-16(14)23-19(24-18)17-7-4-10-28-17/h2-11H,1H3,(H,22,23,24). The van der Waals surface area contributed by atoms with Crippen LogP contribution in [0.4, 0.5) is 11.5 Å². The number of hydrogen-bond donors (Lipinski definition) is 1. The van der Waals surface area contributed by atoms with E-state index in [1.165, 1.54) is 7.05 Å². The Balaban J connectivity index is 1.61. The average Bonchev–Trinajstić information content (AvgIpc) is 3.33. The highest BCUT2D eigenvalue weighted by Crippen LogP contribution is 2.31. The zero-order valence-corrected chi connectivity index (χ0v) is 15.7. The second-order valence-electron chi connectivity index (χ2n) is 6.44. The summed E-state index contributed by atoms with van der Waals surface area (Å²) >= 11 is 1.58. The van der Waals surface area contributed by atoms with Crippen molar-refractivity contribution in [3.63, 3.8) is 0 Å². The summed E-state index contributed by atoms with van der Waals surface area (Å²) in [7, 11) is 1.49. The van der Waals surface area contributed by atoms with E-state index in [9.17, 15) is 9.59 Å². The van der Waals surface area contributed by atoms with Crippen molar-refractivity contribution in [2.24, 2.45) is 0 Å². The molecule has 0 bridgehead atoms. The molecule has 1 aliphatic heterocycles. The Bertz CT molecular complexity index is 1250. The highest BCUT2D eigenvalue weighted by atomic mass is 32.1. The molecular formula is C21H14N4O2S. The molecule has 3 heterocycles. The SMILES string of the molecule is CN1C(=O)c2ccc(Nc3nc(-c4cccs4)nc4ccccc34)cc2C1=O. The number of benzene rings is 2. The van der Waals surface area contributed by atoms with E-state index >= 15 is 0 Å². The van der Waals surface area contributed by atoms with Crippen LogP contribution in [0.15, 0.2) is 60.0 Å². The van der Waals surface area contributed by atoms with E-state index < -0.39 is 0 Å². The van der Waals surface area contributed by atoms with Crippen LogP contribution in [-0.2, 0) is 0 Å². The van der Waals surface area contributed by atoms with Crippen molar-refractivity contribution in [1.29, 1.82) is 0 Å². The molecule has 7 heteroatoms. The number of nitrogens with zero attached hydrogens (tertiary/aromatic N) is 3. The number of imide groups is 1. The average molecular weight is 386 g/mol. The number of aromatic nitrogens is 2. The van der Waals surface area contributed by atoms with Crippen molar-refractivity contribution in [2.45, 2.75) is 0 Å². The number of fused-ring (bicyclic) bond motifs is 2. The van der Waals surface area contributed by atoms with Gasteiger partial charge in [-0.2, -0.15) is 0 Å². The Hall–Kier alpha value is -3.58. The van der Waals surface area contributed by atoms with Crippen molar-refractivity contribution in [3.8, 4) is 10.7 Å². The molecule has 0 saturated carbocycles. The van der Waals surface area contributed by atoms with Crippen molar-refractivity contribution in [3.05, 3.63) is 71.1 Å². The van der Waals surface area contributed by atoms with Gasteiger partial charge in [-0.3, -0.25) is 14.5 Å². The summed E-state index contributed by atoms with van der Waals surface area (Å²) in [4.78, 5) is 35.9. The monoisotopic (exact) mass is 386 g/mol. The first-order valence-electron chi connectivity index (χ1n) is 8.66. The molecule has 1 N–H and O–H groups in total. The van der Waals surface area contributed by atoms with Gasteiger partial charge in [-0.25, -0.2) is 9.97 Å². The Morgan fingerprint density at radius 2 is 1.75 bits per heavy atom. The number of amides is 2. The highest BCUT2D eigenvalue weighted by molar-refractivity contribution is 7.13. The van der Waals surface area contributed by atoms with Crippen LogP contribution in [0.1, 0.15) is 20.7 Å². The molecular weight excluding hydrogens is 372 g/mol. The van der Waals surface area contributed by atoms with Gasteiger partial charge in [-0.15, -0.1) is 11.3 Å². The molecule has 0 fully saturated rings. The summed E-state index contributed by atoms with van der Waals surface area (Å²) in [5.41, 5.74) is 2.34. The summed E-state index contributed by atoms with van der Waals surface area (Å²) in [6, 6.07) is 16.9. The third-order valence-electron chi connectivity index (χ3n) is 4.70. The van der Waals surface area contributed by atoms with Crippen LogP contribution in [0.3, 0.4) is 0 Å². The van der Waals surface area contributed by atoms with Crippen LogP contribution in [0.25, 0.3) is 21.6 Å². The molecule has 6 nitrogen and oxygen atoms in total. The van der Waals surface area contributed by atoms with E-state index in [0.717, 1.165) is 20.7 Å². The fourth-order valence-corrected chi connectivity index (χ4v) is 3.92. The molecule has 2 aromatic carbocycles. The van der Waals surface area contributed by atoms with Gasteiger partial charge in [0.25, 0.3) is 11.8 Å². The Morgan fingerprint density at radius 3 is 2.57 bits per heavy atom. The first-order valence-corrected chi connectivity index (χ1v) is 9.54. The molecule has 4 aromatic rings. The molecule has 5 rings (SSSR count). The van der Waals surface area contributed by atoms with Gasteiger partial charge in [-0.05, 0) is 41.8 Å². The largest absolute Gasteiger partial charge is 0.340 e. The quantitative estimate of drug-likeness (QED) is 0.531. The minimum Gasteiger partial charge on any atom is -0.340 e. The third kappa shape index (κ3) is 2.56. The van der Waals surface area contributed by atoms with Crippen LogP contribution in [0, 0.1) is 0 Å². The first-order chi connectivity index (χ1) is 13.6. The summed E-state index contributed by atoms with van der Waals surface area (Å²) in [6.07, 6.45) is 0. The zero-order valence-electron chi connectivity index (χ0n) is 14.8. The van der Waals surface area contributed by atoms with E-state index in [1.54, 1.807) is 29.5 Å². The summed E-state index contributed by atoms with van der Waals surface area (Å²) in [5, 5.41) is 6.17. The lowest BCUT2D eigenvalue weighted by atomic mass is 10.1. The van der Waals surface area contributed by atoms with Crippen LogP contribution in [0.2, 0.25) is 0 Å². The molecule has 2 amide bonds. The van der Waals surface area contributed by atoms with Crippen LogP contribution in [-0.4, -0.2) is 33.7 Å². The first kappa shape index (κ1) is 16.6. The van der Waals surface area contributed by atoms with E-state index in [-0.39, 0.29) is 11.8 Å². The van der Waals surface area contributed by atoms with Gasteiger partial charge in [0.05, 0.1) is 21.5 Å². The van der Waals surface area contributed by atoms with Gasteiger partial charge in [-0.1, -0.05) is 18.2 Å². The van der Waals surface area contributed by atoms with E-state index in [0.29, 0.717) is 28.5 Å². The normalized spacial score (nSPS) is 13.2. The maximum Gasteiger partial charge on any atom is 0.261 e. The number of nitrogens with one attached hydrogen (secondary N) is 1. The number of rotatable bonds is 3. The predicted molar refractivity (Wildman–Crippen MR) is 109 cm³/mol. The van der Waals surface area contributed by atoms with Gasteiger partial charge in [0.15, 0.2) is 5.82 Å². The smallest absolute Gasteiger partial charge is 0.261 e. The number of hydrogen-bond acceptors (Lipinski definition) is 6. The molecule has 0 spiro atoms. The van der Waals surface area contributed by atoms with Crippen LogP contribution < -0.4 is 5.32 Å². The van der Waals surface area contributed by atoms with Gasteiger partial charge >= 0.3 is 0 Å². The molecule has 0 saturated heterocycles. The predicted octanol–water partition coefficient (Wildman–Crippen LogP) is 4.33. The molecule has 0 aliphatic carbocycles. The molecule has 136 valence electrons. The van der Waals surface area contributed by atoms with Crippen molar-refractivity contribution in [2.75, 3.05) is 12.4 Å². The summed E-state index contributed by atoms with van der Waals surface area (Å²) < 4.78 is 0. The van der Waals surface area contributed by atoms with Crippen molar-refractivity contribution < 1.29 is 9.59 Å². The van der Waals surface area contributed by atoms with E-state index in [1.807, 2.05) is 41.8 Å². The molecule has 0 atom stereocenters. The maximum atomic E-state index is 12.3. The van der Waals surface area contributed by atoms with E-state index in [2.05, 4.69) is 10.3 Å². The zero-order chi connectivity index (χ0) is 19.3.